The van der Waals surface area contributed by atoms with Gasteiger partial charge in [0.25, 0.3) is 0 Å². The molecule has 0 radical (unpaired) electrons. The smallest absolute Gasteiger partial charge is 0.123 e. The molecule has 0 aliphatic carbocycles. The van der Waals surface area contributed by atoms with Crippen LogP contribution >= 0.6 is 24.8 Å². The Balaban J connectivity index is 0.000000185. The molecule has 0 unspecified atom stereocenters. The van der Waals surface area contributed by atoms with Crippen molar-refractivity contribution < 1.29 is 32.2 Å². The fraction of sp³-hybridized carbons (Fsp3) is 0.107. The Labute approximate surface area is 393 Å². The van der Waals surface area contributed by atoms with E-state index in [-0.39, 0.29) is 30.2 Å². The fourth-order valence-electron chi connectivity index (χ4n) is 7.94. The Morgan fingerprint density at radius 2 is 0.694 bits per heavy atom. The molecule has 308 valence electrons. The maximum Gasteiger partial charge on any atom is 0.123 e. The van der Waals surface area contributed by atoms with E-state index in [9.17, 15) is 0 Å². The summed E-state index contributed by atoms with van der Waals surface area (Å²) >= 11 is 1.74. The van der Waals surface area contributed by atoms with Crippen LogP contribution in [-0.2, 0) is 23.3 Å². The predicted octanol–water partition coefficient (Wildman–Crippen LogP) is 17.2. The summed E-state index contributed by atoms with van der Waals surface area (Å²) in [5.74, 6) is 3.61. The average molecular weight is 945 g/mol. The minimum Gasteiger partial charge on any atom is -0.491 e. The van der Waals surface area contributed by atoms with Crippen molar-refractivity contribution in [2.75, 3.05) is 0 Å². The summed E-state index contributed by atoms with van der Waals surface area (Å²) < 4.78 is 12.4. The molecule has 2 heterocycles. The van der Waals surface area contributed by atoms with Crippen molar-refractivity contribution in [1.29, 1.82) is 0 Å². The second kappa shape index (κ2) is 20.8. The number of fused-ring (bicyclic) bond motifs is 2. The van der Waals surface area contributed by atoms with Crippen LogP contribution in [0.2, 0.25) is 13.1 Å². The average Bonchev–Trinajstić information content (AvgIpc) is 4.10. The second-order valence-electron chi connectivity index (χ2n) is 15.7. The van der Waals surface area contributed by atoms with Crippen LogP contribution in [0.3, 0.4) is 0 Å². The molecule has 0 bridgehead atoms. The predicted molar refractivity (Wildman–Crippen MR) is 267 cm³/mol. The van der Waals surface area contributed by atoms with E-state index in [0.717, 1.165) is 45.3 Å². The van der Waals surface area contributed by atoms with Crippen LogP contribution in [-0.4, -0.2) is 5.43 Å². The molecule has 0 spiro atoms. The Morgan fingerprint density at radius 1 is 0.403 bits per heavy atom. The molecule has 0 amide bonds. The SMILES string of the molecule is C[Si](C)=[Zr+2].Cc1cc2[cH-]c(-c3ccc(-c4ccccc4)o3)cc2c(-c2ccccc2)c1C.Cc1cc2[cH-]c(-c3ccc(-c4ccccc4)o3)cc2c(-c2ccccc2)c1C.Cl.Cl. The molecule has 0 fully saturated rings. The van der Waals surface area contributed by atoms with Crippen LogP contribution in [0.15, 0.2) is 191 Å². The van der Waals surface area contributed by atoms with Crippen LogP contribution in [0.25, 0.3) is 89.1 Å². The van der Waals surface area contributed by atoms with E-state index in [1.165, 1.54) is 66.1 Å². The van der Waals surface area contributed by atoms with E-state index in [0.29, 0.717) is 0 Å². The number of halogens is 2. The number of rotatable bonds is 6. The molecule has 10 aromatic rings. The first-order valence-electron chi connectivity index (χ1n) is 20.5. The summed E-state index contributed by atoms with van der Waals surface area (Å²) in [4.78, 5) is 0. The first kappa shape index (κ1) is 46.3. The molecular weight excluding hydrogens is 895 g/mol. The zero-order valence-electron chi connectivity index (χ0n) is 36.0. The molecule has 6 heteroatoms. The molecule has 2 nitrogen and oxygen atoms in total. The first-order valence-corrected chi connectivity index (χ1v) is 26.7. The summed E-state index contributed by atoms with van der Waals surface area (Å²) in [5, 5.41) is 5.08. The van der Waals surface area contributed by atoms with Crippen molar-refractivity contribution in [2.45, 2.75) is 40.8 Å². The Morgan fingerprint density at radius 3 is 1.02 bits per heavy atom. The third-order valence-corrected chi connectivity index (χ3v) is 11.1. The topological polar surface area (TPSA) is 26.3 Å². The summed E-state index contributed by atoms with van der Waals surface area (Å²) in [6.07, 6.45) is 0. The van der Waals surface area contributed by atoms with Crippen molar-refractivity contribution in [3.8, 4) is 67.5 Å². The van der Waals surface area contributed by atoms with Crippen LogP contribution in [0.1, 0.15) is 22.3 Å². The van der Waals surface area contributed by atoms with E-state index < -0.39 is 0 Å². The third-order valence-electron chi connectivity index (χ3n) is 11.1. The monoisotopic (exact) mass is 942 g/mol. The maximum atomic E-state index is 6.19. The summed E-state index contributed by atoms with van der Waals surface area (Å²) in [5.41, 5.74) is 15.1. The van der Waals surface area contributed by atoms with Crippen molar-refractivity contribution in [2.24, 2.45) is 0 Å². The minimum atomic E-state index is 0. The maximum absolute atomic E-state index is 6.19. The van der Waals surface area contributed by atoms with Gasteiger partial charge in [-0.2, -0.15) is 0 Å². The standard InChI is InChI=1S/2C27H21O.C2H6Si.2ClH.Zr/c2*1-18-15-22-16-23(26-14-13-25(28-26)20-9-5-3-6-10-20)17-24(22)27(19(18)2)21-11-7-4-8-12-21;1-3-2;;;/h2*3-17H,1-2H3;1-2H3;2*1H;/q2*-1;;;;+2. The van der Waals surface area contributed by atoms with Gasteiger partial charge in [-0.15, -0.1) is 82.8 Å². The molecule has 0 N–H and O–H groups in total. The van der Waals surface area contributed by atoms with E-state index in [1.807, 2.05) is 36.4 Å². The molecule has 0 saturated carbocycles. The summed E-state index contributed by atoms with van der Waals surface area (Å²) in [6, 6.07) is 63.6. The van der Waals surface area contributed by atoms with Crippen molar-refractivity contribution in [1.82, 2.24) is 0 Å². The van der Waals surface area contributed by atoms with Gasteiger partial charge in [0.15, 0.2) is 0 Å². The van der Waals surface area contributed by atoms with Crippen LogP contribution < -0.4 is 0 Å². The number of benzene rings is 6. The Hall–Kier alpha value is -5.22. The molecule has 8 aromatic carbocycles. The van der Waals surface area contributed by atoms with E-state index in [2.05, 4.69) is 186 Å². The van der Waals surface area contributed by atoms with E-state index in [4.69, 9.17) is 8.83 Å². The molecular formula is C56H50Cl2O2SiZr. The molecule has 0 aliphatic rings. The van der Waals surface area contributed by atoms with Crippen LogP contribution in [0.4, 0.5) is 0 Å². The number of hydrogen-bond donors (Lipinski definition) is 0. The van der Waals surface area contributed by atoms with Gasteiger partial charge in [-0.1, -0.05) is 155 Å². The van der Waals surface area contributed by atoms with Gasteiger partial charge in [-0.25, -0.2) is 0 Å². The van der Waals surface area contributed by atoms with Gasteiger partial charge >= 0.3 is 41.9 Å². The van der Waals surface area contributed by atoms with Crippen molar-refractivity contribution >= 4 is 51.8 Å². The number of hydrogen-bond acceptors (Lipinski definition) is 2. The Bertz CT molecular complexity index is 2840. The van der Waals surface area contributed by atoms with Crippen LogP contribution in [0, 0.1) is 27.7 Å². The minimum absolute atomic E-state index is 0. The van der Waals surface area contributed by atoms with Gasteiger partial charge in [0.05, 0.1) is 11.5 Å². The van der Waals surface area contributed by atoms with Gasteiger partial charge in [0.1, 0.15) is 11.5 Å². The number of aryl methyl sites for hydroxylation is 2. The van der Waals surface area contributed by atoms with Gasteiger partial charge in [0, 0.05) is 11.1 Å². The molecule has 62 heavy (non-hydrogen) atoms. The zero-order chi connectivity index (χ0) is 41.8. The zero-order valence-corrected chi connectivity index (χ0v) is 41.0. The van der Waals surface area contributed by atoms with Crippen molar-refractivity contribution in [3.63, 3.8) is 0 Å². The molecule has 10 rings (SSSR count). The summed E-state index contributed by atoms with van der Waals surface area (Å²) in [6.45, 7) is 13.4. The van der Waals surface area contributed by atoms with Gasteiger partial charge in [-0.05, 0) is 74.2 Å². The first-order chi connectivity index (χ1) is 29.1. The van der Waals surface area contributed by atoms with Gasteiger partial charge in [0.2, 0.25) is 0 Å². The number of furan rings is 2. The molecule has 0 atom stereocenters. The molecule has 0 aliphatic heterocycles. The van der Waals surface area contributed by atoms with Gasteiger partial charge in [-0.3, -0.25) is 0 Å². The fourth-order valence-corrected chi connectivity index (χ4v) is 7.94. The third kappa shape index (κ3) is 10.2. The Kier molecular flexibility index (Phi) is 15.5. The van der Waals surface area contributed by atoms with E-state index >= 15 is 0 Å². The van der Waals surface area contributed by atoms with Crippen LogP contribution in [0.5, 0.6) is 0 Å². The largest absolute Gasteiger partial charge is 0.491 e. The van der Waals surface area contributed by atoms with Gasteiger partial charge < -0.3 is 8.83 Å². The normalized spacial score (nSPS) is 10.6. The van der Waals surface area contributed by atoms with Crippen molar-refractivity contribution in [3.05, 3.63) is 204 Å². The quantitative estimate of drug-likeness (QED) is 0.123. The molecule has 0 saturated heterocycles. The second-order valence-corrected chi connectivity index (χ2v) is 25.0. The molecule has 2 aromatic heterocycles. The van der Waals surface area contributed by atoms with E-state index in [1.54, 1.807) is 23.3 Å². The summed E-state index contributed by atoms with van der Waals surface area (Å²) in [7, 11) is 0.